The molecule has 2 atom stereocenters. The van der Waals surface area contributed by atoms with Gasteiger partial charge in [0.05, 0.1) is 0 Å². The van der Waals surface area contributed by atoms with E-state index in [2.05, 4.69) is 0 Å². The summed E-state index contributed by atoms with van der Waals surface area (Å²) in [7, 11) is 0. The van der Waals surface area contributed by atoms with Crippen molar-refractivity contribution in [1.82, 2.24) is 0 Å². The van der Waals surface area contributed by atoms with E-state index in [0.717, 1.165) is 11.1 Å². The van der Waals surface area contributed by atoms with Gasteiger partial charge in [-0.2, -0.15) is 0 Å². The Morgan fingerprint density at radius 3 is 2.75 bits per heavy atom. The van der Waals surface area contributed by atoms with E-state index in [1.54, 1.807) is 13.0 Å². The zero-order valence-corrected chi connectivity index (χ0v) is 11.9. The zero-order chi connectivity index (χ0) is 14.3. The maximum atomic E-state index is 11.3. The lowest BCUT2D eigenvalue weighted by Crippen LogP contribution is -2.44. The summed E-state index contributed by atoms with van der Waals surface area (Å²) < 4.78 is 5.80. The molecule has 3 rings (SSSR count). The van der Waals surface area contributed by atoms with Gasteiger partial charge in [-0.3, -0.25) is 0 Å². The van der Waals surface area contributed by atoms with E-state index in [4.69, 9.17) is 22.1 Å². The molecule has 0 aliphatic carbocycles. The molecule has 2 unspecified atom stereocenters. The first-order valence-corrected chi connectivity index (χ1v) is 6.90. The third-order valence-corrected chi connectivity index (χ3v) is 4.05. The van der Waals surface area contributed by atoms with Crippen molar-refractivity contribution in [2.24, 2.45) is 5.73 Å². The van der Waals surface area contributed by atoms with Crippen molar-refractivity contribution in [2.45, 2.75) is 25.2 Å². The van der Waals surface area contributed by atoms with Gasteiger partial charge in [0.15, 0.2) is 0 Å². The Morgan fingerprint density at radius 2 is 2.00 bits per heavy atom. The SMILES string of the molecule is CC(N)C1(O)c2ccc(Cl)cc2COc2ccccc21. The fraction of sp³-hybridized carbons (Fsp3) is 0.250. The van der Waals surface area contributed by atoms with Crippen molar-refractivity contribution in [3.05, 3.63) is 64.2 Å². The molecule has 1 aliphatic heterocycles. The Kier molecular flexibility index (Phi) is 3.21. The lowest BCUT2D eigenvalue weighted by molar-refractivity contribution is 0.0572. The molecule has 1 aliphatic rings. The lowest BCUT2D eigenvalue weighted by atomic mass is 9.79. The number of hydrogen-bond donors (Lipinski definition) is 2. The summed E-state index contributed by atoms with van der Waals surface area (Å²) in [6, 6.07) is 12.4. The first-order valence-electron chi connectivity index (χ1n) is 6.52. The topological polar surface area (TPSA) is 55.5 Å². The highest BCUT2D eigenvalue weighted by atomic mass is 35.5. The van der Waals surface area contributed by atoms with Gasteiger partial charge in [-0.25, -0.2) is 0 Å². The fourth-order valence-corrected chi connectivity index (χ4v) is 2.95. The second kappa shape index (κ2) is 4.77. The van der Waals surface area contributed by atoms with E-state index in [1.807, 2.05) is 36.4 Å². The van der Waals surface area contributed by atoms with Crippen molar-refractivity contribution in [1.29, 1.82) is 0 Å². The van der Waals surface area contributed by atoms with Crippen LogP contribution in [0.15, 0.2) is 42.5 Å². The maximum Gasteiger partial charge on any atom is 0.133 e. The quantitative estimate of drug-likeness (QED) is 0.849. The normalized spacial score (nSPS) is 22.2. The van der Waals surface area contributed by atoms with E-state index in [0.29, 0.717) is 22.9 Å². The van der Waals surface area contributed by atoms with Crippen LogP contribution in [0, 0.1) is 0 Å². The average Bonchev–Trinajstić information content (AvgIpc) is 2.56. The monoisotopic (exact) mass is 289 g/mol. The molecule has 3 nitrogen and oxygen atoms in total. The van der Waals surface area contributed by atoms with Gasteiger partial charge in [0, 0.05) is 16.6 Å². The molecular formula is C16H16ClNO2. The number of benzene rings is 2. The molecule has 20 heavy (non-hydrogen) atoms. The summed E-state index contributed by atoms with van der Waals surface area (Å²) in [6.07, 6.45) is 0. The van der Waals surface area contributed by atoms with E-state index in [9.17, 15) is 5.11 Å². The first kappa shape index (κ1) is 13.4. The molecule has 0 spiro atoms. The number of rotatable bonds is 1. The molecule has 2 aromatic rings. The Morgan fingerprint density at radius 1 is 1.25 bits per heavy atom. The largest absolute Gasteiger partial charge is 0.488 e. The van der Waals surface area contributed by atoms with Crippen molar-refractivity contribution >= 4 is 11.6 Å². The summed E-state index contributed by atoms with van der Waals surface area (Å²) in [5.74, 6) is 0.652. The molecule has 0 amide bonds. The molecular weight excluding hydrogens is 274 g/mol. The second-order valence-corrected chi connectivity index (χ2v) is 5.58. The molecule has 3 N–H and O–H groups in total. The van der Waals surface area contributed by atoms with Gasteiger partial charge in [-0.05, 0) is 36.2 Å². The Hall–Kier alpha value is -1.55. The Labute approximate surface area is 122 Å². The van der Waals surface area contributed by atoms with E-state index in [1.165, 1.54) is 0 Å². The number of halogens is 1. The van der Waals surface area contributed by atoms with Crippen molar-refractivity contribution in [3.8, 4) is 5.75 Å². The molecule has 0 aromatic heterocycles. The molecule has 104 valence electrons. The van der Waals surface area contributed by atoms with E-state index < -0.39 is 11.6 Å². The molecule has 4 heteroatoms. The number of hydrogen-bond acceptors (Lipinski definition) is 3. The van der Waals surface area contributed by atoms with Crippen molar-refractivity contribution < 1.29 is 9.84 Å². The van der Waals surface area contributed by atoms with Crippen molar-refractivity contribution in [3.63, 3.8) is 0 Å². The van der Waals surface area contributed by atoms with E-state index >= 15 is 0 Å². The molecule has 0 fully saturated rings. The molecule has 0 radical (unpaired) electrons. The van der Waals surface area contributed by atoms with E-state index in [-0.39, 0.29) is 0 Å². The first-order chi connectivity index (χ1) is 9.53. The minimum Gasteiger partial charge on any atom is -0.488 e. The van der Waals surface area contributed by atoms with Crippen LogP contribution in [0.25, 0.3) is 0 Å². The standard InChI is InChI=1S/C16H16ClNO2/c1-10(18)16(19)13-7-6-12(17)8-11(13)9-20-15-5-3-2-4-14(15)16/h2-8,10,19H,9,18H2,1H3. The summed E-state index contributed by atoms with van der Waals surface area (Å²) in [6.45, 7) is 2.16. The van der Waals surface area contributed by atoms with Crippen LogP contribution in [-0.4, -0.2) is 11.1 Å². The highest BCUT2D eigenvalue weighted by molar-refractivity contribution is 6.30. The molecule has 0 saturated heterocycles. The lowest BCUT2D eigenvalue weighted by Gasteiger charge is -2.33. The highest BCUT2D eigenvalue weighted by Crippen LogP contribution is 2.42. The Bertz CT molecular complexity index is 657. The summed E-state index contributed by atoms with van der Waals surface area (Å²) in [5.41, 5.74) is 7.11. The number of nitrogens with two attached hydrogens (primary N) is 1. The third-order valence-electron chi connectivity index (χ3n) is 3.82. The minimum atomic E-state index is -1.28. The van der Waals surface area contributed by atoms with Crippen LogP contribution in [0.2, 0.25) is 5.02 Å². The summed E-state index contributed by atoms with van der Waals surface area (Å²) in [4.78, 5) is 0. The number of para-hydroxylation sites is 1. The van der Waals surface area contributed by atoms with Crippen LogP contribution in [0.4, 0.5) is 0 Å². The van der Waals surface area contributed by atoms with Gasteiger partial charge in [0.1, 0.15) is 18.0 Å². The zero-order valence-electron chi connectivity index (χ0n) is 11.1. The van der Waals surface area contributed by atoms with Crippen LogP contribution in [0.3, 0.4) is 0 Å². The van der Waals surface area contributed by atoms with Gasteiger partial charge in [-0.15, -0.1) is 0 Å². The van der Waals surface area contributed by atoms with Crippen LogP contribution in [0.5, 0.6) is 5.75 Å². The fourth-order valence-electron chi connectivity index (χ4n) is 2.75. The number of ether oxygens (including phenoxy) is 1. The average molecular weight is 290 g/mol. The van der Waals surface area contributed by atoms with Gasteiger partial charge in [0.25, 0.3) is 0 Å². The predicted molar refractivity (Wildman–Crippen MR) is 78.9 cm³/mol. The van der Waals surface area contributed by atoms with Crippen LogP contribution < -0.4 is 10.5 Å². The smallest absolute Gasteiger partial charge is 0.133 e. The van der Waals surface area contributed by atoms with Gasteiger partial charge >= 0.3 is 0 Å². The summed E-state index contributed by atoms with van der Waals surface area (Å²) >= 11 is 6.05. The minimum absolute atomic E-state index is 0.363. The molecule has 0 saturated carbocycles. The van der Waals surface area contributed by atoms with Gasteiger partial charge < -0.3 is 15.6 Å². The van der Waals surface area contributed by atoms with Crippen LogP contribution in [-0.2, 0) is 12.2 Å². The second-order valence-electron chi connectivity index (χ2n) is 5.14. The maximum absolute atomic E-state index is 11.3. The molecule has 0 bridgehead atoms. The molecule has 2 aromatic carbocycles. The predicted octanol–water partition coefficient (Wildman–Crippen LogP) is 2.82. The number of fused-ring (bicyclic) bond motifs is 2. The highest BCUT2D eigenvalue weighted by Gasteiger charge is 2.41. The van der Waals surface area contributed by atoms with Crippen LogP contribution in [0.1, 0.15) is 23.6 Å². The van der Waals surface area contributed by atoms with Gasteiger partial charge in [-0.1, -0.05) is 35.9 Å². The van der Waals surface area contributed by atoms with Gasteiger partial charge in [0.2, 0.25) is 0 Å². The Balaban J connectivity index is 2.31. The third kappa shape index (κ3) is 1.90. The number of aliphatic hydroxyl groups is 1. The van der Waals surface area contributed by atoms with Crippen LogP contribution >= 0.6 is 11.6 Å². The summed E-state index contributed by atoms with van der Waals surface area (Å²) in [5, 5.41) is 11.9. The van der Waals surface area contributed by atoms with Crippen molar-refractivity contribution in [2.75, 3.05) is 0 Å². The molecule has 1 heterocycles.